The first-order valence-electron chi connectivity index (χ1n) is 8.16. The van der Waals surface area contributed by atoms with Crippen LogP contribution in [0.4, 0.5) is 10.1 Å². The Morgan fingerprint density at radius 1 is 1.08 bits per heavy atom. The Balaban J connectivity index is 1.57. The molecule has 1 amide bonds. The fourth-order valence-electron chi connectivity index (χ4n) is 2.78. The van der Waals surface area contributed by atoms with Gasteiger partial charge in [0.05, 0.1) is 6.21 Å². The van der Waals surface area contributed by atoms with Crippen LogP contribution >= 0.6 is 0 Å². The molecule has 0 aliphatic carbocycles. The summed E-state index contributed by atoms with van der Waals surface area (Å²) < 4.78 is 13.1. The monoisotopic (exact) mass is 325 g/mol. The van der Waals surface area contributed by atoms with Gasteiger partial charge in [0, 0.05) is 24.3 Å². The van der Waals surface area contributed by atoms with E-state index in [9.17, 15) is 9.18 Å². The van der Waals surface area contributed by atoms with Crippen LogP contribution < -0.4 is 10.3 Å². The van der Waals surface area contributed by atoms with Crippen LogP contribution in [0, 0.1) is 5.82 Å². The average molecular weight is 325 g/mol. The Morgan fingerprint density at radius 2 is 1.83 bits per heavy atom. The minimum Gasteiger partial charge on any atom is -0.372 e. The highest BCUT2D eigenvalue weighted by atomic mass is 19.1. The summed E-state index contributed by atoms with van der Waals surface area (Å²) in [7, 11) is 0. The maximum Gasteiger partial charge on any atom is 0.271 e. The molecule has 4 nitrogen and oxygen atoms in total. The molecule has 1 N–H and O–H groups in total. The van der Waals surface area contributed by atoms with Crippen LogP contribution in [0.1, 0.15) is 35.2 Å². The number of halogens is 1. The maximum atomic E-state index is 13.1. The van der Waals surface area contributed by atoms with Gasteiger partial charge >= 0.3 is 0 Å². The smallest absolute Gasteiger partial charge is 0.271 e. The van der Waals surface area contributed by atoms with Gasteiger partial charge in [-0.2, -0.15) is 5.10 Å². The fourth-order valence-corrected chi connectivity index (χ4v) is 2.78. The van der Waals surface area contributed by atoms with Gasteiger partial charge in [-0.3, -0.25) is 4.79 Å². The zero-order chi connectivity index (χ0) is 16.8. The molecule has 0 unspecified atom stereocenters. The highest BCUT2D eigenvalue weighted by molar-refractivity contribution is 5.94. The van der Waals surface area contributed by atoms with E-state index >= 15 is 0 Å². The van der Waals surface area contributed by atoms with Gasteiger partial charge in [0.1, 0.15) is 5.82 Å². The van der Waals surface area contributed by atoms with Crippen LogP contribution in [0.5, 0.6) is 0 Å². The summed E-state index contributed by atoms with van der Waals surface area (Å²) >= 11 is 0. The standard InChI is InChI=1S/C19H20FN3O/c20-17-6-4-5-16(13-17)19(24)22-21-14-15-7-9-18(10-8-15)23-11-2-1-3-12-23/h4-10,13-14H,1-3,11-12H2,(H,22,24)/b21-14+. The van der Waals surface area contributed by atoms with Crippen LogP contribution in [0.3, 0.4) is 0 Å². The van der Waals surface area contributed by atoms with E-state index in [-0.39, 0.29) is 5.56 Å². The van der Waals surface area contributed by atoms with Crippen LogP contribution in [-0.2, 0) is 0 Å². The number of piperidine rings is 1. The summed E-state index contributed by atoms with van der Waals surface area (Å²) in [5.41, 5.74) is 4.77. The summed E-state index contributed by atoms with van der Waals surface area (Å²) in [6.45, 7) is 2.22. The van der Waals surface area contributed by atoms with Crippen LogP contribution in [0.2, 0.25) is 0 Å². The molecule has 1 aliphatic rings. The van der Waals surface area contributed by atoms with Crippen LogP contribution in [0.25, 0.3) is 0 Å². The van der Waals surface area contributed by atoms with Crippen molar-refractivity contribution in [3.8, 4) is 0 Å². The van der Waals surface area contributed by atoms with Crippen molar-refractivity contribution in [2.75, 3.05) is 18.0 Å². The molecular formula is C19H20FN3O. The van der Waals surface area contributed by atoms with Crippen molar-refractivity contribution in [1.82, 2.24) is 5.43 Å². The molecule has 0 atom stereocenters. The lowest BCUT2D eigenvalue weighted by molar-refractivity contribution is 0.0954. The minimum absolute atomic E-state index is 0.243. The number of rotatable bonds is 4. The molecule has 1 saturated heterocycles. The second-order valence-corrected chi connectivity index (χ2v) is 5.85. The van der Waals surface area contributed by atoms with Gasteiger partial charge in [0.15, 0.2) is 0 Å². The molecule has 5 heteroatoms. The van der Waals surface area contributed by atoms with E-state index in [0.29, 0.717) is 0 Å². The zero-order valence-corrected chi connectivity index (χ0v) is 13.4. The van der Waals surface area contributed by atoms with E-state index in [1.807, 2.05) is 12.1 Å². The van der Waals surface area contributed by atoms with Gasteiger partial charge in [0.2, 0.25) is 0 Å². The lowest BCUT2D eigenvalue weighted by atomic mass is 10.1. The van der Waals surface area contributed by atoms with Crippen molar-refractivity contribution >= 4 is 17.8 Å². The third-order valence-corrected chi connectivity index (χ3v) is 4.08. The molecule has 0 saturated carbocycles. The predicted octanol–water partition coefficient (Wildman–Crippen LogP) is 3.58. The maximum absolute atomic E-state index is 13.1. The summed E-state index contributed by atoms with van der Waals surface area (Å²) in [5.74, 6) is -0.879. The van der Waals surface area contributed by atoms with Gasteiger partial charge in [-0.25, -0.2) is 9.82 Å². The molecule has 1 heterocycles. The Hall–Kier alpha value is -2.69. The molecule has 2 aromatic rings. The average Bonchev–Trinajstić information content (AvgIpc) is 2.63. The molecule has 2 aromatic carbocycles. The van der Waals surface area contributed by atoms with E-state index in [2.05, 4.69) is 27.6 Å². The predicted molar refractivity (Wildman–Crippen MR) is 94.0 cm³/mol. The lowest BCUT2D eigenvalue weighted by Crippen LogP contribution is -2.29. The van der Waals surface area contributed by atoms with Crippen molar-refractivity contribution in [2.24, 2.45) is 5.10 Å². The second kappa shape index (κ2) is 7.73. The molecule has 0 radical (unpaired) electrons. The number of anilines is 1. The summed E-state index contributed by atoms with van der Waals surface area (Å²) in [5, 5.41) is 3.93. The quantitative estimate of drug-likeness (QED) is 0.690. The number of carbonyl (C=O) groups excluding carboxylic acids is 1. The van der Waals surface area contributed by atoms with Crippen molar-refractivity contribution in [2.45, 2.75) is 19.3 Å². The number of hydrogen-bond donors (Lipinski definition) is 1. The molecule has 0 aromatic heterocycles. The van der Waals surface area contributed by atoms with E-state index in [1.54, 1.807) is 12.3 Å². The number of hydrazone groups is 1. The van der Waals surface area contributed by atoms with Gasteiger partial charge in [-0.05, 0) is 55.2 Å². The van der Waals surface area contributed by atoms with Crippen LogP contribution in [-0.4, -0.2) is 25.2 Å². The molecule has 24 heavy (non-hydrogen) atoms. The van der Waals surface area contributed by atoms with Crippen molar-refractivity contribution < 1.29 is 9.18 Å². The van der Waals surface area contributed by atoms with E-state index in [4.69, 9.17) is 0 Å². The van der Waals surface area contributed by atoms with Gasteiger partial charge in [0.25, 0.3) is 5.91 Å². The first kappa shape index (κ1) is 16.2. The van der Waals surface area contributed by atoms with Gasteiger partial charge in [-0.1, -0.05) is 18.2 Å². The molecule has 3 rings (SSSR count). The largest absolute Gasteiger partial charge is 0.372 e. The number of nitrogens with zero attached hydrogens (tertiary/aromatic N) is 2. The molecular weight excluding hydrogens is 305 g/mol. The Morgan fingerprint density at radius 3 is 2.54 bits per heavy atom. The van der Waals surface area contributed by atoms with E-state index in [1.165, 1.54) is 43.1 Å². The fraction of sp³-hybridized carbons (Fsp3) is 0.263. The van der Waals surface area contributed by atoms with Crippen molar-refractivity contribution in [3.05, 3.63) is 65.5 Å². The molecule has 1 aliphatic heterocycles. The molecule has 1 fully saturated rings. The van der Waals surface area contributed by atoms with Crippen LogP contribution in [0.15, 0.2) is 53.6 Å². The van der Waals surface area contributed by atoms with Gasteiger partial charge < -0.3 is 4.90 Å². The number of hydrogen-bond acceptors (Lipinski definition) is 3. The lowest BCUT2D eigenvalue weighted by Gasteiger charge is -2.28. The summed E-state index contributed by atoms with van der Waals surface area (Å²) in [6.07, 6.45) is 5.38. The zero-order valence-electron chi connectivity index (χ0n) is 13.4. The SMILES string of the molecule is O=C(N/N=C/c1ccc(N2CCCCC2)cc1)c1cccc(F)c1. The Kier molecular flexibility index (Phi) is 5.21. The molecule has 0 spiro atoms. The van der Waals surface area contributed by atoms with Crippen molar-refractivity contribution in [1.29, 1.82) is 0 Å². The number of benzene rings is 2. The third kappa shape index (κ3) is 4.19. The number of nitrogens with one attached hydrogen (secondary N) is 1. The highest BCUT2D eigenvalue weighted by Crippen LogP contribution is 2.19. The second-order valence-electron chi connectivity index (χ2n) is 5.85. The van der Waals surface area contributed by atoms with Gasteiger partial charge in [-0.15, -0.1) is 0 Å². The minimum atomic E-state index is -0.445. The Labute approximate surface area is 141 Å². The van der Waals surface area contributed by atoms with Crippen molar-refractivity contribution in [3.63, 3.8) is 0 Å². The molecule has 0 bridgehead atoms. The highest BCUT2D eigenvalue weighted by Gasteiger charge is 2.10. The normalized spacial score (nSPS) is 14.8. The first-order chi connectivity index (χ1) is 11.7. The van der Waals surface area contributed by atoms with E-state index in [0.717, 1.165) is 18.7 Å². The molecule has 124 valence electrons. The van der Waals surface area contributed by atoms with E-state index < -0.39 is 11.7 Å². The Bertz CT molecular complexity index is 722. The first-order valence-corrected chi connectivity index (χ1v) is 8.16. The number of carbonyl (C=O) groups is 1. The number of amides is 1. The topological polar surface area (TPSA) is 44.7 Å². The summed E-state index contributed by atoms with van der Waals surface area (Å²) in [4.78, 5) is 14.2. The summed E-state index contributed by atoms with van der Waals surface area (Å²) in [6, 6.07) is 13.6. The third-order valence-electron chi connectivity index (χ3n) is 4.08.